The standard InChI is InChI=1S/C28H27N5O6/c34-10-18-17(35)9-19(39-18)33-12-31-23-27(29-11-30-28(23)33)32-22-21-16(24(36)26(38)25(22)37)8-7-14-6-5-13-3-1-2-4-15(13)20(14)21/h1-8,11-12,17-19,22,24-26,34-38H,9-10H2,(H,29,30,32)/t17-,18+,19+,22+,24+,25+,26-/m0/s1. The number of fused-ring (bicyclic) bond motifs is 6. The highest BCUT2D eigenvalue weighted by Crippen LogP contribution is 2.44. The first-order valence-corrected chi connectivity index (χ1v) is 12.8. The third-order valence-electron chi connectivity index (χ3n) is 7.97. The van der Waals surface area contributed by atoms with Gasteiger partial charge in [0.1, 0.15) is 37.0 Å². The zero-order valence-electron chi connectivity index (χ0n) is 20.7. The average molecular weight is 530 g/mol. The van der Waals surface area contributed by atoms with Crippen LogP contribution in [0.3, 0.4) is 0 Å². The van der Waals surface area contributed by atoms with Gasteiger partial charge in [0.2, 0.25) is 0 Å². The summed E-state index contributed by atoms with van der Waals surface area (Å²) in [5.41, 5.74) is 2.04. The normalized spacial score (nSPS) is 28.8. The number of aromatic nitrogens is 4. The van der Waals surface area contributed by atoms with Crippen LogP contribution in [0, 0.1) is 0 Å². The average Bonchev–Trinajstić information content (AvgIpc) is 3.56. The number of benzene rings is 3. The van der Waals surface area contributed by atoms with Crippen LogP contribution in [-0.2, 0) is 4.74 Å². The lowest BCUT2D eigenvalue weighted by molar-refractivity contribution is -0.0766. The zero-order valence-corrected chi connectivity index (χ0v) is 20.7. The summed E-state index contributed by atoms with van der Waals surface area (Å²) in [4.78, 5) is 13.3. The summed E-state index contributed by atoms with van der Waals surface area (Å²) >= 11 is 0. The lowest BCUT2D eigenvalue weighted by Gasteiger charge is -2.38. The molecule has 39 heavy (non-hydrogen) atoms. The predicted octanol–water partition coefficient (Wildman–Crippen LogP) is 1.70. The number of aliphatic hydroxyl groups excluding tert-OH is 5. The number of imidazole rings is 1. The number of anilines is 1. The van der Waals surface area contributed by atoms with E-state index in [1.165, 1.54) is 12.7 Å². The van der Waals surface area contributed by atoms with Crippen LogP contribution < -0.4 is 5.32 Å². The van der Waals surface area contributed by atoms with Gasteiger partial charge in [-0.25, -0.2) is 15.0 Å². The molecular weight excluding hydrogens is 502 g/mol. The summed E-state index contributed by atoms with van der Waals surface area (Å²) in [6.45, 7) is -0.304. The molecule has 3 heterocycles. The fourth-order valence-corrected chi connectivity index (χ4v) is 6.00. The number of nitrogens with one attached hydrogen (secondary N) is 1. The lowest BCUT2D eigenvalue weighted by Crippen LogP contribution is -2.44. The fraction of sp³-hybridized carbons (Fsp3) is 0.321. The van der Waals surface area contributed by atoms with E-state index in [-0.39, 0.29) is 13.0 Å². The summed E-state index contributed by atoms with van der Waals surface area (Å²) < 4.78 is 7.46. The van der Waals surface area contributed by atoms with Crippen LogP contribution in [0.4, 0.5) is 5.82 Å². The molecule has 6 N–H and O–H groups in total. The quantitative estimate of drug-likeness (QED) is 0.189. The van der Waals surface area contributed by atoms with E-state index >= 15 is 0 Å². The van der Waals surface area contributed by atoms with Crippen molar-refractivity contribution in [2.24, 2.45) is 0 Å². The van der Waals surface area contributed by atoms with Crippen molar-refractivity contribution in [3.63, 3.8) is 0 Å². The fourth-order valence-electron chi connectivity index (χ4n) is 6.00. The molecule has 2 aliphatic rings. The van der Waals surface area contributed by atoms with Crippen LogP contribution in [0.25, 0.3) is 32.7 Å². The third-order valence-corrected chi connectivity index (χ3v) is 7.97. The Kier molecular flexibility index (Phi) is 5.74. The minimum Gasteiger partial charge on any atom is -0.394 e. The maximum atomic E-state index is 11.3. The van der Waals surface area contributed by atoms with E-state index in [0.29, 0.717) is 28.1 Å². The first-order chi connectivity index (χ1) is 19.0. The number of ether oxygens (including phenoxy) is 1. The molecule has 11 nitrogen and oxygen atoms in total. The number of nitrogens with zero attached hydrogens (tertiary/aromatic N) is 4. The minimum absolute atomic E-state index is 0.265. The molecule has 200 valence electrons. The van der Waals surface area contributed by atoms with Gasteiger partial charge in [0.05, 0.1) is 25.1 Å². The molecule has 0 radical (unpaired) electrons. The van der Waals surface area contributed by atoms with Crippen molar-refractivity contribution in [2.45, 2.75) is 49.2 Å². The Morgan fingerprint density at radius 2 is 1.72 bits per heavy atom. The molecule has 5 aromatic rings. The smallest absolute Gasteiger partial charge is 0.167 e. The molecule has 0 amide bonds. The topological polar surface area (TPSA) is 166 Å². The molecule has 3 aromatic carbocycles. The Bertz CT molecular complexity index is 1710. The second kappa shape index (κ2) is 9.19. The molecule has 2 aromatic heterocycles. The van der Waals surface area contributed by atoms with E-state index in [9.17, 15) is 25.5 Å². The van der Waals surface area contributed by atoms with E-state index in [1.807, 2.05) is 42.5 Å². The molecule has 11 heteroatoms. The van der Waals surface area contributed by atoms with Gasteiger partial charge < -0.3 is 35.6 Å². The minimum atomic E-state index is -1.43. The summed E-state index contributed by atoms with van der Waals surface area (Å²) in [7, 11) is 0. The third kappa shape index (κ3) is 3.70. The van der Waals surface area contributed by atoms with E-state index in [0.717, 1.165) is 21.5 Å². The van der Waals surface area contributed by atoms with Gasteiger partial charge in [-0.05, 0) is 32.7 Å². The van der Waals surface area contributed by atoms with Gasteiger partial charge in [-0.15, -0.1) is 0 Å². The number of aliphatic hydroxyl groups is 5. The highest BCUT2D eigenvalue weighted by Gasteiger charge is 2.42. The second-order valence-corrected chi connectivity index (χ2v) is 10.2. The van der Waals surface area contributed by atoms with E-state index in [2.05, 4.69) is 20.3 Å². The van der Waals surface area contributed by atoms with Gasteiger partial charge in [-0.2, -0.15) is 0 Å². The van der Waals surface area contributed by atoms with Crippen LogP contribution >= 0.6 is 0 Å². The van der Waals surface area contributed by atoms with Crippen LogP contribution in [0.5, 0.6) is 0 Å². The van der Waals surface area contributed by atoms with Crippen molar-refractivity contribution in [1.29, 1.82) is 0 Å². The van der Waals surface area contributed by atoms with Gasteiger partial charge >= 0.3 is 0 Å². The molecule has 7 atom stereocenters. The number of rotatable bonds is 4. The molecule has 0 unspecified atom stereocenters. The highest BCUT2D eigenvalue weighted by molar-refractivity contribution is 6.10. The summed E-state index contributed by atoms with van der Waals surface area (Å²) in [6.07, 6.45) is -2.99. The summed E-state index contributed by atoms with van der Waals surface area (Å²) in [6, 6.07) is 14.8. The summed E-state index contributed by atoms with van der Waals surface area (Å²) in [5, 5.41) is 59.8. The Morgan fingerprint density at radius 3 is 2.54 bits per heavy atom. The first kappa shape index (κ1) is 24.3. The van der Waals surface area contributed by atoms with Crippen LogP contribution in [0.2, 0.25) is 0 Å². The lowest BCUT2D eigenvalue weighted by atomic mass is 9.78. The molecule has 7 rings (SSSR count). The molecule has 0 spiro atoms. The second-order valence-electron chi connectivity index (χ2n) is 10.2. The van der Waals surface area contributed by atoms with Gasteiger partial charge in [0, 0.05) is 6.42 Å². The monoisotopic (exact) mass is 529 g/mol. The van der Waals surface area contributed by atoms with Gasteiger partial charge in [-0.1, -0.05) is 48.5 Å². The van der Waals surface area contributed by atoms with E-state index in [1.54, 1.807) is 10.6 Å². The number of hydrogen-bond donors (Lipinski definition) is 6. The van der Waals surface area contributed by atoms with Crippen molar-refractivity contribution in [3.05, 3.63) is 72.3 Å². The maximum Gasteiger partial charge on any atom is 0.167 e. The van der Waals surface area contributed by atoms with Crippen molar-refractivity contribution < 1.29 is 30.3 Å². The van der Waals surface area contributed by atoms with Crippen molar-refractivity contribution >= 4 is 38.5 Å². The largest absolute Gasteiger partial charge is 0.394 e. The SMILES string of the molecule is OC[C@H]1O[C@@H](n2cnc3c(N[C@@H]4c5c(ccc6ccc7ccccc7c56)[C@@H](O)[C@H](O)[C@@H]4O)ncnc32)C[C@@H]1O. The van der Waals surface area contributed by atoms with Gasteiger partial charge in [0.15, 0.2) is 17.0 Å². The molecule has 1 fully saturated rings. The number of hydrogen-bond acceptors (Lipinski definition) is 10. The maximum absolute atomic E-state index is 11.3. The van der Waals surface area contributed by atoms with Gasteiger partial charge in [-0.3, -0.25) is 4.57 Å². The predicted molar refractivity (Wildman–Crippen MR) is 142 cm³/mol. The highest BCUT2D eigenvalue weighted by atomic mass is 16.5. The Hall–Kier alpha value is -3.71. The van der Waals surface area contributed by atoms with Crippen LogP contribution in [0.15, 0.2) is 61.2 Å². The van der Waals surface area contributed by atoms with Crippen molar-refractivity contribution in [2.75, 3.05) is 11.9 Å². The van der Waals surface area contributed by atoms with E-state index < -0.39 is 42.8 Å². The zero-order chi connectivity index (χ0) is 26.8. The van der Waals surface area contributed by atoms with Crippen LogP contribution in [0.1, 0.15) is 35.9 Å². The van der Waals surface area contributed by atoms with E-state index in [4.69, 9.17) is 4.74 Å². The molecule has 1 aliphatic heterocycles. The molecule has 0 bridgehead atoms. The molecule has 1 aliphatic carbocycles. The molecular formula is C28H27N5O6. The van der Waals surface area contributed by atoms with Crippen LogP contribution in [-0.4, -0.2) is 76.1 Å². The Balaban J connectivity index is 1.36. The van der Waals surface area contributed by atoms with Gasteiger partial charge in [0.25, 0.3) is 0 Å². The van der Waals surface area contributed by atoms with Crippen molar-refractivity contribution in [3.8, 4) is 0 Å². The first-order valence-electron chi connectivity index (χ1n) is 12.8. The molecule has 0 saturated carbocycles. The summed E-state index contributed by atoms with van der Waals surface area (Å²) in [5.74, 6) is 0.326. The Morgan fingerprint density at radius 1 is 0.923 bits per heavy atom. The molecule has 1 saturated heterocycles. The van der Waals surface area contributed by atoms with Crippen molar-refractivity contribution in [1.82, 2.24) is 19.5 Å². The Labute approximate surface area is 222 Å².